The molecule has 2 aromatic rings. The Morgan fingerprint density at radius 3 is 2.46 bits per heavy atom. The number of aryl methyl sites for hydroxylation is 1. The molecule has 0 radical (unpaired) electrons. The lowest BCUT2D eigenvalue weighted by atomic mass is 9.89. The molecule has 0 aromatic heterocycles. The van der Waals surface area contributed by atoms with Crippen LogP contribution in [0.5, 0.6) is 0 Å². The molecule has 1 aliphatic rings. The van der Waals surface area contributed by atoms with Crippen LogP contribution >= 0.6 is 0 Å². The van der Waals surface area contributed by atoms with Gasteiger partial charge in [0, 0.05) is 19.0 Å². The van der Waals surface area contributed by atoms with Crippen molar-refractivity contribution in [3.05, 3.63) is 59.7 Å². The first-order valence-electron chi connectivity index (χ1n) is 14.6. The van der Waals surface area contributed by atoms with Crippen molar-refractivity contribution in [1.82, 2.24) is 9.62 Å². The molecule has 0 saturated carbocycles. The van der Waals surface area contributed by atoms with E-state index in [9.17, 15) is 18.0 Å². The van der Waals surface area contributed by atoms with Crippen molar-refractivity contribution in [2.24, 2.45) is 0 Å². The molecule has 3 rings (SSSR count). The van der Waals surface area contributed by atoms with Gasteiger partial charge in [-0.3, -0.25) is 4.79 Å². The molecule has 2 aromatic carbocycles. The summed E-state index contributed by atoms with van der Waals surface area (Å²) in [5.41, 5.74) is 3.91. The number of methoxy groups -OCH3 is 1. The van der Waals surface area contributed by atoms with Gasteiger partial charge in [-0.2, -0.15) is 0 Å². The van der Waals surface area contributed by atoms with E-state index in [1.54, 1.807) is 4.90 Å². The highest BCUT2D eigenvalue weighted by molar-refractivity contribution is 7.88. The number of carbonyl (C=O) groups excluding carboxylic acids is 2. The average molecular weight is 587 g/mol. The van der Waals surface area contributed by atoms with E-state index >= 15 is 0 Å². The van der Waals surface area contributed by atoms with Crippen LogP contribution in [-0.4, -0.2) is 63.0 Å². The molecule has 9 heteroatoms. The number of likely N-dealkylation sites (tertiary alicyclic amines) is 1. The van der Waals surface area contributed by atoms with Crippen molar-refractivity contribution >= 4 is 22.1 Å². The van der Waals surface area contributed by atoms with Gasteiger partial charge in [0.15, 0.2) is 0 Å². The van der Waals surface area contributed by atoms with Crippen LogP contribution in [0.2, 0.25) is 0 Å². The maximum Gasteiger partial charge on any atom is 0.410 e. The van der Waals surface area contributed by atoms with Crippen LogP contribution in [0, 0.1) is 0 Å². The number of nitrogens with zero attached hydrogens (tertiary/aromatic N) is 1. The Bertz CT molecular complexity index is 1270. The summed E-state index contributed by atoms with van der Waals surface area (Å²) in [4.78, 5) is 26.2. The van der Waals surface area contributed by atoms with Gasteiger partial charge >= 0.3 is 12.1 Å². The molecule has 1 heterocycles. The maximum atomic E-state index is 13.2. The van der Waals surface area contributed by atoms with E-state index < -0.39 is 27.8 Å². The van der Waals surface area contributed by atoms with E-state index in [0.717, 1.165) is 49.5 Å². The standard InChI is InChI=1S/C32H46N2O6S/c1-32(2,3)40-31(36)34-21-13-19-28(33-41(5,37)38)29(34)23-24-14-12-17-26(22-24)27-18-11-10-16-25(27)15-8-6-7-9-20-30(35)39-4/h10-12,14,16-18,22,28-29,33H,6-9,13,15,19-21,23H2,1-5H3. The average Bonchev–Trinajstić information content (AvgIpc) is 2.90. The molecule has 1 aliphatic heterocycles. The largest absolute Gasteiger partial charge is 0.469 e. The molecule has 226 valence electrons. The minimum atomic E-state index is -3.46. The predicted octanol–water partition coefficient (Wildman–Crippen LogP) is 5.88. The zero-order valence-corrected chi connectivity index (χ0v) is 26.0. The van der Waals surface area contributed by atoms with E-state index in [0.29, 0.717) is 32.2 Å². The van der Waals surface area contributed by atoms with E-state index in [-0.39, 0.29) is 12.0 Å². The molecule has 1 amide bonds. The molecule has 41 heavy (non-hydrogen) atoms. The van der Waals surface area contributed by atoms with Crippen LogP contribution in [0.15, 0.2) is 48.5 Å². The van der Waals surface area contributed by atoms with E-state index in [4.69, 9.17) is 9.47 Å². The predicted molar refractivity (Wildman–Crippen MR) is 162 cm³/mol. The highest BCUT2D eigenvalue weighted by Crippen LogP contribution is 2.29. The summed E-state index contributed by atoms with van der Waals surface area (Å²) < 4.78 is 37.6. The third kappa shape index (κ3) is 10.8. The third-order valence-corrected chi connectivity index (χ3v) is 8.01. The number of hydrogen-bond acceptors (Lipinski definition) is 6. The number of piperidine rings is 1. The summed E-state index contributed by atoms with van der Waals surface area (Å²) >= 11 is 0. The molecule has 8 nitrogen and oxygen atoms in total. The van der Waals surface area contributed by atoms with Gasteiger partial charge in [-0.25, -0.2) is 17.9 Å². The fraction of sp³-hybridized carbons (Fsp3) is 0.562. The SMILES string of the molecule is COC(=O)CCCCCCc1ccccc1-c1cccc(CC2C(NS(C)(=O)=O)CCCN2C(=O)OC(C)(C)C)c1. The van der Waals surface area contributed by atoms with Crippen molar-refractivity contribution in [2.75, 3.05) is 19.9 Å². The van der Waals surface area contributed by atoms with Gasteiger partial charge in [0.1, 0.15) is 5.60 Å². The second-order valence-electron chi connectivity index (χ2n) is 11.9. The van der Waals surface area contributed by atoms with Crippen LogP contribution in [0.4, 0.5) is 4.79 Å². The summed E-state index contributed by atoms with van der Waals surface area (Å²) in [6.45, 7) is 6.02. The monoisotopic (exact) mass is 586 g/mol. The van der Waals surface area contributed by atoms with Crippen LogP contribution in [0.3, 0.4) is 0 Å². The number of amides is 1. The third-order valence-electron chi connectivity index (χ3n) is 7.28. The number of hydrogen-bond donors (Lipinski definition) is 1. The first-order valence-corrected chi connectivity index (χ1v) is 16.5. The van der Waals surface area contributed by atoms with Crippen molar-refractivity contribution in [2.45, 2.75) is 96.2 Å². The van der Waals surface area contributed by atoms with Crippen LogP contribution in [-0.2, 0) is 37.1 Å². The smallest absolute Gasteiger partial charge is 0.410 e. The molecule has 0 spiro atoms. The van der Waals surface area contributed by atoms with Crippen molar-refractivity contribution in [1.29, 1.82) is 0 Å². The zero-order chi connectivity index (χ0) is 30.0. The summed E-state index contributed by atoms with van der Waals surface area (Å²) in [6.07, 6.45) is 7.90. The first-order chi connectivity index (χ1) is 19.4. The molecule has 0 aliphatic carbocycles. The zero-order valence-electron chi connectivity index (χ0n) is 25.1. The highest BCUT2D eigenvalue weighted by atomic mass is 32.2. The summed E-state index contributed by atoms with van der Waals surface area (Å²) in [6, 6.07) is 15.9. The summed E-state index contributed by atoms with van der Waals surface area (Å²) in [7, 11) is -2.04. The molecule has 2 unspecified atom stereocenters. The van der Waals surface area contributed by atoms with Crippen molar-refractivity contribution < 1.29 is 27.5 Å². The number of rotatable bonds is 12. The van der Waals surface area contributed by atoms with Gasteiger partial charge in [-0.15, -0.1) is 0 Å². The van der Waals surface area contributed by atoms with E-state index in [2.05, 4.69) is 35.1 Å². The second kappa shape index (κ2) is 14.8. The molecule has 2 atom stereocenters. The fourth-order valence-corrected chi connectivity index (χ4v) is 6.26. The number of sulfonamides is 1. The van der Waals surface area contributed by atoms with Gasteiger partial charge in [0.2, 0.25) is 10.0 Å². The fourth-order valence-electron chi connectivity index (χ4n) is 5.44. The van der Waals surface area contributed by atoms with Crippen molar-refractivity contribution in [3.8, 4) is 11.1 Å². The Balaban J connectivity index is 1.78. The van der Waals surface area contributed by atoms with Crippen LogP contribution < -0.4 is 4.72 Å². The molecule has 0 bridgehead atoms. The topological polar surface area (TPSA) is 102 Å². The number of ether oxygens (including phenoxy) is 2. The minimum Gasteiger partial charge on any atom is -0.469 e. The van der Waals surface area contributed by atoms with Crippen LogP contribution in [0.25, 0.3) is 11.1 Å². The van der Waals surface area contributed by atoms with Gasteiger partial charge in [0.25, 0.3) is 0 Å². The lowest BCUT2D eigenvalue weighted by molar-refractivity contribution is -0.140. The van der Waals surface area contributed by atoms with Gasteiger partial charge in [-0.1, -0.05) is 61.4 Å². The first kappa shape index (κ1) is 32.6. The lowest BCUT2D eigenvalue weighted by Gasteiger charge is -2.41. The van der Waals surface area contributed by atoms with Gasteiger partial charge in [-0.05, 0) is 81.5 Å². The van der Waals surface area contributed by atoms with Gasteiger partial charge in [0.05, 0.1) is 19.4 Å². The van der Waals surface area contributed by atoms with E-state index in [1.165, 1.54) is 18.2 Å². The Morgan fingerprint density at radius 2 is 1.76 bits per heavy atom. The van der Waals surface area contributed by atoms with Crippen molar-refractivity contribution in [3.63, 3.8) is 0 Å². The van der Waals surface area contributed by atoms with Gasteiger partial charge < -0.3 is 14.4 Å². The minimum absolute atomic E-state index is 0.156. The Morgan fingerprint density at radius 1 is 1.02 bits per heavy atom. The summed E-state index contributed by atoms with van der Waals surface area (Å²) in [5, 5.41) is 0. The maximum absolute atomic E-state index is 13.2. The number of benzene rings is 2. The lowest BCUT2D eigenvalue weighted by Crippen LogP contribution is -2.58. The van der Waals surface area contributed by atoms with Crippen LogP contribution in [0.1, 0.15) is 76.8 Å². The number of nitrogens with one attached hydrogen (secondary N) is 1. The molecule has 1 N–H and O–H groups in total. The Labute approximate surface area is 245 Å². The highest BCUT2D eigenvalue weighted by Gasteiger charge is 2.37. The Hall–Kier alpha value is -2.91. The number of esters is 1. The van der Waals surface area contributed by atoms with E-state index in [1.807, 2.05) is 39.0 Å². The number of carbonyl (C=O) groups is 2. The molecule has 1 saturated heterocycles. The normalized spacial score (nSPS) is 17.7. The Kier molecular flexibility index (Phi) is 11.8. The quantitative estimate of drug-likeness (QED) is 0.246. The molecule has 1 fully saturated rings. The number of unbranched alkanes of at least 4 members (excludes halogenated alkanes) is 3. The molecular weight excluding hydrogens is 540 g/mol. The second-order valence-corrected chi connectivity index (χ2v) is 13.7. The molecular formula is C32H46N2O6S. The summed E-state index contributed by atoms with van der Waals surface area (Å²) in [5.74, 6) is -0.156.